The summed E-state index contributed by atoms with van der Waals surface area (Å²) in [5, 5.41) is 3.06. The number of hydrogen-bond donors (Lipinski definition) is 1. The summed E-state index contributed by atoms with van der Waals surface area (Å²) in [5.41, 5.74) is 1.62. The molecule has 0 aromatic rings. The average molecular weight is 372 g/mol. The van der Waals surface area contributed by atoms with E-state index in [4.69, 9.17) is 0 Å². The Bertz CT molecular complexity index is 687. The van der Waals surface area contributed by atoms with Gasteiger partial charge < -0.3 is 5.32 Å². The van der Waals surface area contributed by atoms with Crippen LogP contribution in [0.5, 0.6) is 0 Å². The minimum atomic E-state index is -0.506. The molecule has 3 fully saturated rings. The van der Waals surface area contributed by atoms with E-state index in [-0.39, 0.29) is 22.6 Å². The molecule has 4 rings (SSSR count). The molecule has 1 amide bonds. The molecule has 0 bridgehead atoms. The lowest BCUT2D eigenvalue weighted by atomic mass is 9.47. The molecule has 1 N–H and O–H groups in total. The van der Waals surface area contributed by atoms with Gasteiger partial charge in [-0.3, -0.25) is 9.59 Å². The van der Waals surface area contributed by atoms with Crippen molar-refractivity contribution in [3.63, 3.8) is 0 Å². The molecule has 1 unspecified atom stereocenters. The Kier molecular flexibility index (Phi) is 4.40. The number of nitrogens with one attached hydrogen (secondary N) is 1. The molecule has 0 aliphatic heterocycles. The summed E-state index contributed by atoms with van der Waals surface area (Å²) in [4.78, 5) is 25.6. The van der Waals surface area contributed by atoms with Gasteiger partial charge in [0.1, 0.15) is 5.92 Å². The molecule has 150 valence electrons. The van der Waals surface area contributed by atoms with Crippen LogP contribution >= 0.6 is 0 Å². The molecular formula is C24H37NO2. The Morgan fingerprint density at radius 2 is 1.85 bits per heavy atom. The van der Waals surface area contributed by atoms with Crippen molar-refractivity contribution in [3.05, 3.63) is 11.6 Å². The van der Waals surface area contributed by atoms with Crippen molar-refractivity contribution in [1.29, 1.82) is 0 Å². The number of rotatable bonds is 1. The van der Waals surface area contributed by atoms with E-state index < -0.39 is 5.92 Å². The van der Waals surface area contributed by atoms with E-state index in [0.717, 1.165) is 18.3 Å². The summed E-state index contributed by atoms with van der Waals surface area (Å²) in [5.74, 6) is 1.74. The highest BCUT2D eigenvalue weighted by Crippen LogP contribution is 2.65. The van der Waals surface area contributed by atoms with E-state index >= 15 is 0 Å². The van der Waals surface area contributed by atoms with Crippen LogP contribution in [0.1, 0.15) is 86.0 Å². The molecule has 6 atom stereocenters. The van der Waals surface area contributed by atoms with Gasteiger partial charge in [-0.2, -0.15) is 0 Å². The Labute approximate surface area is 164 Å². The molecule has 3 heteroatoms. The highest BCUT2D eigenvalue weighted by molar-refractivity contribution is 6.08. The summed E-state index contributed by atoms with van der Waals surface area (Å²) < 4.78 is 0. The van der Waals surface area contributed by atoms with Crippen LogP contribution in [0.4, 0.5) is 0 Å². The minimum absolute atomic E-state index is 0.0284. The maximum Gasteiger partial charge on any atom is 0.231 e. The molecule has 0 heterocycles. The van der Waals surface area contributed by atoms with Crippen molar-refractivity contribution >= 4 is 11.7 Å². The van der Waals surface area contributed by atoms with Crippen LogP contribution in [0.25, 0.3) is 0 Å². The number of amides is 1. The lowest BCUT2D eigenvalue weighted by Crippen LogP contribution is -2.53. The second kappa shape index (κ2) is 6.19. The van der Waals surface area contributed by atoms with Gasteiger partial charge >= 0.3 is 0 Å². The van der Waals surface area contributed by atoms with Crippen LogP contribution in [0.15, 0.2) is 11.6 Å². The standard InChI is InChI=1S/C24H37NO2/c1-22(2,3)25-21(27)17-14-24(5)15(13-20(17)26)8-9-16-18-7-6-11-23(18,4)12-10-19(16)24/h13,16-19H,6-12,14H2,1-5H3,(H,25,27)/t16-,17?,18-,19+,23-,24-/m0/s1. The summed E-state index contributed by atoms with van der Waals surface area (Å²) in [7, 11) is 0. The maximum absolute atomic E-state index is 12.9. The largest absolute Gasteiger partial charge is 0.351 e. The van der Waals surface area contributed by atoms with E-state index in [2.05, 4.69) is 19.2 Å². The Morgan fingerprint density at radius 1 is 1.11 bits per heavy atom. The molecule has 0 spiro atoms. The first-order valence-corrected chi connectivity index (χ1v) is 11.1. The van der Waals surface area contributed by atoms with E-state index in [1.54, 1.807) is 0 Å². The van der Waals surface area contributed by atoms with Crippen molar-refractivity contribution in [2.45, 2.75) is 91.5 Å². The molecule has 4 aliphatic rings. The number of fused-ring (bicyclic) bond motifs is 5. The second-order valence-corrected chi connectivity index (χ2v) is 11.5. The quantitative estimate of drug-likeness (QED) is 0.656. The van der Waals surface area contributed by atoms with Crippen LogP contribution in [-0.4, -0.2) is 17.2 Å². The number of carbonyl (C=O) groups is 2. The summed E-state index contributed by atoms with van der Waals surface area (Å²) >= 11 is 0. The van der Waals surface area contributed by atoms with Crippen LogP contribution in [-0.2, 0) is 9.59 Å². The molecule has 27 heavy (non-hydrogen) atoms. The monoisotopic (exact) mass is 371 g/mol. The fourth-order valence-corrected chi connectivity index (χ4v) is 7.32. The summed E-state index contributed by atoms with van der Waals surface area (Å²) in [6.07, 6.45) is 11.7. The predicted molar refractivity (Wildman–Crippen MR) is 108 cm³/mol. The van der Waals surface area contributed by atoms with Gasteiger partial charge in [0, 0.05) is 5.54 Å². The van der Waals surface area contributed by atoms with Gasteiger partial charge in [0.25, 0.3) is 0 Å². The molecule has 0 aromatic heterocycles. The van der Waals surface area contributed by atoms with Crippen LogP contribution in [0.2, 0.25) is 0 Å². The first-order chi connectivity index (χ1) is 12.5. The Hall–Kier alpha value is -1.12. The minimum Gasteiger partial charge on any atom is -0.351 e. The van der Waals surface area contributed by atoms with Crippen LogP contribution in [0, 0.1) is 34.5 Å². The zero-order valence-corrected chi connectivity index (χ0v) is 17.9. The van der Waals surface area contributed by atoms with Crippen molar-refractivity contribution in [3.8, 4) is 0 Å². The number of carbonyl (C=O) groups excluding carboxylic acids is 2. The fraction of sp³-hybridized carbons (Fsp3) is 0.833. The first-order valence-electron chi connectivity index (χ1n) is 11.1. The molecular weight excluding hydrogens is 334 g/mol. The smallest absolute Gasteiger partial charge is 0.231 e. The SMILES string of the molecule is CC(C)(C)NC(=O)C1C[C@@]2(C)C(=CC1=O)CC[C@@H]1[C@H]2CC[C@]2(C)CCC[C@@H]12. The Morgan fingerprint density at radius 3 is 2.56 bits per heavy atom. The van der Waals surface area contributed by atoms with Gasteiger partial charge in [0.15, 0.2) is 5.78 Å². The van der Waals surface area contributed by atoms with Gasteiger partial charge in [-0.25, -0.2) is 0 Å². The summed E-state index contributed by atoms with van der Waals surface area (Å²) in [6.45, 7) is 10.9. The fourth-order valence-electron chi connectivity index (χ4n) is 7.32. The molecule has 3 saturated carbocycles. The number of ketones is 1. The Balaban J connectivity index is 1.62. The van der Waals surface area contributed by atoms with Crippen molar-refractivity contribution in [2.24, 2.45) is 34.5 Å². The third kappa shape index (κ3) is 3.09. The number of hydrogen-bond acceptors (Lipinski definition) is 2. The zero-order chi connectivity index (χ0) is 19.6. The predicted octanol–water partition coefficient (Wildman–Crippen LogP) is 5.05. The zero-order valence-electron chi connectivity index (χ0n) is 17.9. The number of allylic oxidation sites excluding steroid dienone is 1. The van der Waals surface area contributed by atoms with E-state index in [0.29, 0.717) is 17.8 Å². The molecule has 0 saturated heterocycles. The van der Waals surface area contributed by atoms with E-state index in [9.17, 15) is 9.59 Å². The summed E-state index contributed by atoms with van der Waals surface area (Å²) in [6, 6.07) is 0. The normalized spacial score (nSPS) is 44.0. The van der Waals surface area contributed by atoms with Gasteiger partial charge in [0.05, 0.1) is 0 Å². The molecule has 0 radical (unpaired) electrons. The molecule has 0 aromatic carbocycles. The van der Waals surface area contributed by atoms with Gasteiger partial charge in [0.2, 0.25) is 5.91 Å². The lowest BCUT2D eigenvalue weighted by molar-refractivity contribution is -0.136. The van der Waals surface area contributed by atoms with Crippen molar-refractivity contribution in [2.75, 3.05) is 0 Å². The average Bonchev–Trinajstić information content (AvgIpc) is 2.95. The van der Waals surface area contributed by atoms with Gasteiger partial charge in [-0.1, -0.05) is 25.8 Å². The lowest BCUT2D eigenvalue weighted by Gasteiger charge is -2.58. The third-order valence-electron chi connectivity index (χ3n) is 8.62. The first kappa shape index (κ1) is 19.2. The van der Waals surface area contributed by atoms with Crippen molar-refractivity contribution in [1.82, 2.24) is 5.32 Å². The third-order valence-corrected chi connectivity index (χ3v) is 8.62. The topological polar surface area (TPSA) is 46.2 Å². The second-order valence-electron chi connectivity index (χ2n) is 11.5. The van der Waals surface area contributed by atoms with E-state index in [1.807, 2.05) is 26.8 Å². The molecule has 3 nitrogen and oxygen atoms in total. The highest BCUT2D eigenvalue weighted by Gasteiger charge is 2.57. The maximum atomic E-state index is 12.9. The highest BCUT2D eigenvalue weighted by atomic mass is 16.2. The molecule has 4 aliphatic carbocycles. The van der Waals surface area contributed by atoms with Crippen LogP contribution in [0.3, 0.4) is 0 Å². The van der Waals surface area contributed by atoms with Crippen molar-refractivity contribution < 1.29 is 9.59 Å². The van der Waals surface area contributed by atoms with Gasteiger partial charge in [-0.15, -0.1) is 0 Å². The van der Waals surface area contributed by atoms with E-state index in [1.165, 1.54) is 44.1 Å². The van der Waals surface area contributed by atoms with Gasteiger partial charge in [-0.05, 0) is 100 Å². The van der Waals surface area contributed by atoms with Crippen LogP contribution < -0.4 is 5.32 Å².